The average Bonchev–Trinajstić information content (AvgIpc) is 2.96. The van der Waals surface area contributed by atoms with Crippen LogP contribution in [0.4, 0.5) is 24.5 Å². The summed E-state index contributed by atoms with van der Waals surface area (Å²) in [6, 6.07) is 10.1. The van der Waals surface area contributed by atoms with Gasteiger partial charge in [0.15, 0.2) is 5.11 Å². The van der Waals surface area contributed by atoms with Crippen LogP contribution in [0.3, 0.4) is 0 Å². The molecule has 0 aromatic heterocycles. The van der Waals surface area contributed by atoms with Gasteiger partial charge in [-0.3, -0.25) is 9.69 Å². The highest BCUT2D eigenvalue weighted by Gasteiger charge is 2.51. The van der Waals surface area contributed by atoms with Gasteiger partial charge in [-0.05, 0) is 62.5 Å². The number of carbonyl (C=O) groups excluding carboxylic acids is 1. The number of thioether (sulfide) groups is 1. The number of methoxy groups -OCH3 is 1. The van der Waals surface area contributed by atoms with Gasteiger partial charge in [0.05, 0.1) is 34.4 Å². The Morgan fingerprint density at radius 2 is 1.97 bits per heavy atom. The van der Waals surface area contributed by atoms with Crippen LogP contribution in [0.25, 0.3) is 0 Å². The smallest absolute Gasteiger partial charge is 0.417 e. The molecule has 0 spiro atoms. The van der Waals surface area contributed by atoms with Crippen LogP contribution in [-0.2, 0) is 15.7 Å². The number of hydrogen-bond donors (Lipinski definition) is 0. The SMILES string of the molecule is COC[C@H]1CSc2cc(N3C(=S)N(c4ccc(C#N)c(C(F)(F)F)c4)C(=O)C3(C)C)ccc2O1. The number of carbonyl (C=O) groups is 1. The topological polar surface area (TPSA) is 65.8 Å². The quantitative estimate of drug-likeness (QED) is 0.540. The zero-order valence-corrected chi connectivity index (χ0v) is 20.1. The van der Waals surface area contributed by atoms with Gasteiger partial charge in [-0.15, -0.1) is 11.8 Å². The fourth-order valence-corrected chi connectivity index (χ4v) is 5.48. The Kier molecular flexibility index (Phi) is 6.27. The maximum Gasteiger partial charge on any atom is 0.417 e. The number of ether oxygens (including phenoxy) is 2. The lowest BCUT2D eigenvalue weighted by Gasteiger charge is -2.31. The molecule has 2 aliphatic heterocycles. The molecule has 1 fully saturated rings. The molecular weight excluding hydrogens is 487 g/mol. The number of amides is 1. The maximum absolute atomic E-state index is 13.5. The molecule has 4 rings (SSSR count). The molecule has 1 atom stereocenters. The van der Waals surface area contributed by atoms with Gasteiger partial charge in [0.2, 0.25) is 0 Å². The molecule has 0 bridgehead atoms. The second kappa shape index (κ2) is 8.76. The molecule has 34 heavy (non-hydrogen) atoms. The Morgan fingerprint density at radius 3 is 2.62 bits per heavy atom. The zero-order valence-electron chi connectivity index (χ0n) is 18.5. The molecule has 178 valence electrons. The Morgan fingerprint density at radius 1 is 1.26 bits per heavy atom. The van der Waals surface area contributed by atoms with Gasteiger partial charge in [-0.25, -0.2) is 0 Å². The summed E-state index contributed by atoms with van der Waals surface area (Å²) in [7, 11) is 1.61. The van der Waals surface area contributed by atoms with Gasteiger partial charge >= 0.3 is 6.18 Å². The van der Waals surface area contributed by atoms with Crippen molar-refractivity contribution < 1.29 is 27.4 Å². The predicted molar refractivity (Wildman–Crippen MR) is 126 cm³/mol. The van der Waals surface area contributed by atoms with Crippen molar-refractivity contribution in [2.75, 3.05) is 29.3 Å². The number of fused-ring (bicyclic) bond motifs is 1. The summed E-state index contributed by atoms with van der Waals surface area (Å²) in [5.74, 6) is 0.904. The number of halogens is 3. The second-order valence-electron chi connectivity index (χ2n) is 8.29. The van der Waals surface area contributed by atoms with Gasteiger partial charge in [0, 0.05) is 18.6 Å². The molecule has 2 aliphatic rings. The molecule has 0 radical (unpaired) electrons. The fraction of sp³-hybridized carbons (Fsp3) is 0.348. The van der Waals surface area contributed by atoms with E-state index < -0.39 is 28.7 Å². The van der Waals surface area contributed by atoms with Gasteiger partial charge in [0.25, 0.3) is 5.91 Å². The van der Waals surface area contributed by atoms with E-state index in [9.17, 15) is 18.0 Å². The molecule has 1 amide bonds. The number of benzene rings is 2. The summed E-state index contributed by atoms with van der Waals surface area (Å²) in [6.07, 6.45) is -4.83. The molecule has 0 aliphatic carbocycles. The Hall–Kier alpha value is -2.81. The van der Waals surface area contributed by atoms with Crippen LogP contribution >= 0.6 is 24.0 Å². The standard InChI is InChI=1S/C23H20F3N3O3S2/c1-22(2)20(30)28(14-5-4-13(10-27)17(8-14)23(24,25)26)21(33)29(22)15-6-7-18-19(9-15)34-12-16(32-18)11-31-3/h4-9,16H,11-12H2,1-3H3/t16-/m0/s1. The van der Waals surface area contributed by atoms with Crippen LogP contribution in [-0.4, -0.2) is 42.1 Å². The van der Waals surface area contributed by atoms with Crippen LogP contribution in [0.15, 0.2) is 41.3 Å². The van der Waals surface area contributed by atoms with Gasteiger partial charge in [-0.2, -0.15) is 18.4 Å². The highest BCUT2D eigenvalue weighted by molar-refractivity contribution is 7.99. The van der Waals surface area contributed by atoms with Crippen molar-refractivity contribution in [3.8, 4) is 11.8 Å². The number of rotatable bonds is 4. The van der Waals surface area contributed by atoms with Crippen molar-refractivity contribution in [3.63, 3.8) is 0 Å². The maximum atomic E-state index is 13.5. The van der Waals surface area contributed by atoms with Crippen molar-refractivity contribution in [1.82, 2.24) is 0 Å². The Bertz CT molecular complexity index is 1210. The molecule has 2 aromatic carbocycles. The molecule has 2 aromatic rings. The number of anilines is 2. The summed E-state index contributed by atoms with van der Waals surface area (Å²) in [4.78, 5) is 16.9. The van der Waals surface area contributed by atoms with E-state index in [0.29, 0.717) is 23.8 Å². The lowest BCUT2D eigenvalue weighted by atomic mass is 10.0. The summed E-state index contributed by atoms with van der Waals surface area (Å²) in [5.41, 5.74) is -2.22. The van der Waals surface area contributed by atoms with E-state index in [0.717, 1.165) is 21.9 Å². The van der Waals surface area contributed by atoms with E-state index >= 15 is 0 Å². The molecule has 11 heteroatoms. The minimum atomic E-state index is -4.75. The first-order chi connectivity index (χ1) is 16.0. The molecule has 0 N–H and O–H groups in total. The Labute approximate surface area is 204 Å². The van der Waals surface area contributed by atoms with E-state index in [-0.39, 0.29) is 16.9 Å². The molecule has 0 unspecified atom stereocenters. The number of hydrogen-bond acceptors (Lipinski definition) is 6. The number of nitrogens with zero attached hydrogens (tertiary/aromatic N) is 3. The summed E-state index contributed by atoms with van der Waals surface area (Å²) < 4.78 is 51.6. The first-order valence-corrected chi connectivity index (χ1v) is 11.6. The van der Waals surface area contributed by atoms with E-state index in [4.69, 9.17) is 27.0 Å². The minimum Gasteiger partial charge on any atom is -0.486 e. The van der Waals surface area contributed by atoms with Crippen molar-refractivity contribution >= 4 is 46.4 Å². The molecule has 2 heterocycles. The van der Waals surface area contributed by atoms with E-state index in [1.165, 1.54) is 6.07 Å². The van der Waals surface area contributed by atoms with Crippen LogP contribution in [0.2, 0.25) is 0 Å². The normalized spacial score (nSPS) is 19.6. The zero-order chi connectivity index (χ0) is 24.8. The van der Waals surface area contributed by atoms with Gasteiger partial charge in [-0.1, -0.05) is 0 Å². The number of alkyl halides is 3. The highest BCUT2D eigenvalue weighted by atomic mass is 32.2. The third-order valence-corrected chi connectivity index (χ3v) is 7.15. The molecule has 6 nitrogen and oxygen atoms in total. The van der Waals surface area contributed by atoms with E-state index in [1.54, 1.807) is 55.8 Å². The second-order valence-corrected chi connectivity index (χ2v) is 9.72. The molecule has 1 saturated heterocycles. The third-order valence-electron chi connectivity index (χ3n) is 5.61. The summed E-state index contributed by atoms with van der Waals surface area (Å²) in [5, 5.41) is 9.12. The highest BCUT2D eigenvalue weighted by Crippen LogP contribution is 2.43. The number of thiocarbonyl (C=S) groups is 1. The van der Waals surface area contributed by atoms with Crippen molar-refractivity contribution in [1.29, 1.82) is 5.26 Å². The first kappa shape index (κ1) is 24.3. The van der Waals surface area contributed by atoms with Crippen LogP contribution < -0.4 is 14.5 Å². The van der Waals surface area contributed by atoms with Crippen LogP contribution in [0, 0.1) is 11.3 Å². The number of nitriles is 1. The third kappa shape index (κ3) is 4.10. The lowest BCUT2D eigenvalue weighted by molar-refractivity contribution is -0.137. The van der Waals surface area contributed by atoms with Crippen molar-refractivity contribution in [3.05, 3.63) is 47.5 Å². The Balaban J connectivity index is 1.71. The van der Waals surface area contributed by atoms with Crippen LogP contribution in [0.1, 0.15) is 25.0 Å². The van der Waals surface area contributed by atoms with Gasteiger partial charge in [0.1, 0.15) is 17.4 Å². The molecular formula is C23H20F3N3O3S2. The predicted octanol–water partition coefficient (Wildman–Crippen LogP) is 4.99. The fourth-order valence-electron chi connectivity index (χ4n) is 3.97. The monoisotopic (exact) mass is 507 g/mol. The molecule has 0 saturated carbocycles. The van der Waals surface area contributed by atoms with Crippen LogP contribution in [0.5, 0.6) is 5.75 Å². The van der Waals surface area contributed by atoms with Gasteiger partial charge < -0.3 is 14.4 Å². The van der Waals surface area contributed by atoms with Crippen molar-refractivity contribution in [2.45, 2.75) is 36.6 Å². The van der Waals surface area contributed by atoms with Crippen molar-refractivity contribution in [2.24, 2.45) is 0 Å². The van der Waals surface area contributed by atoms with E-state index in [2.05, 4.69) is 0 Å². The summed E-state index contributed by atoms with van der Waals surface area (Å²) in [6.45, 7) is 3.78. The largest absolute Gasteiger partial charge is 0.486 e. The lowest BCUT2D eigenvalue weighted by Crippen LogP contribution is -2.44. The summed E-state index contributed by atoms with van der Waals surface area (Å²) >= 11 is 7.18. The van der Waals surface area contributed by atoms with E-state index in [1.807, 2.05) is 6.07 Å². The average molecular weight is 508 g/mol. The first-order valence-electron chi connectivity index (χ1n) is 10.2. The minimum absolute atomic E-state index is 0.0463.